The van der Waals surface area contributed by atoms with Crippen molar-refractivity contribution in [3.05, 3.63) is 23.8 Å². The molecule has 1 N–H and O–H groups in total. The number of aryl methyl sites for hydroxylation is 1. The van der Waals surface area contributed by atoms with Crippen molar-refractivity contribution in [2.45, 2.75) is 50.4 Å². The summed E-state index contributed by atoms with van der Waals surface area (Å²) >= 11 is 3.40. The number of fused-ring (bicyclic) bond motifs is 1. The van der Waals surface area contributed by atoms with Crippen LogP contribution in [-0.4, -0.2) is 10.5 Å². The number of aromatic nitrogens is 1. The zero-order valence-electron chi connectivity index (χ0n) is 11.4. The fraction of sp³-hybridized carbons (Fsp3) is 0.500. The van der Waals surface area contributed by atoms with Crippen molar-refractivity contribution in [1.29, 1.82) is 0 Å². The van der Waals surface area contributed by atoms with Crippen LogP contribution in [0.25, 0.3) is 10.2 Å². The maximum atomic E-state index is 4.75. The Morgan fingerprint density at radius 2 is 2.11 bits per heavy atom. The molecule has 0 radical (unpaired) electrons. The van der Waals surface area contributed by atoms with E-state index in [0.717, 1.165) is 10.8 Å². The fourth-order valence-electron chi connectivity index (χ4n) is 1.70. The summed E-state index contributed by atoms with van der Waals surface area (Å²) in [4.78, 5) is 4.75. The molecule has 0 aliphatic carbocycles. The number of rotatable bonds is 4. The summed E-state index contributed by atoms with van der Waals surface area (Å²) in [5.41, 5.74) is 2.66. The molecule has 18 heavy (non-hydrogen) atoms. The second-order valence-corrected chi connectivity index (χ2v) is 7.53. The number of benzene rings is 1. The third kappa shape index (κ3) is 3.46. The molecular formula is C14H20N2S2. The molecule has 2 aromatic rings. The number of para-hydroxylation sites is 1. The topological polar surface area (TPSA) is 24.9 Å². The third-order valence-electron chi connectivity index (χ3n) is 2.45. The van der Waals surface area contributed by atoms with Gasteiger partial charge in [-0.15, -0.1) is 11.3 Å². The second kappa shape index (κ2) is 5.59. The number of thiazole rings is 1. The smallest absolute Gasteiger partial charge is 0.166 e. The first-order valence-corrected chi connectivity index (χ1v) is 7.95. The van der Waals surface area contributed by atoms with Crippen LogP contribution < -0.4 is 4.72 Å². The molecule has 1 aromatic heterocycles. The van der Waals surface area contributed by atoms with Gasteiger partial charge in [-0.25, -0.2) is 4.98 Å². The highest BCUT2D eigenvalue weighted by atomic mass is 32.2. The largest absolute Gasteiger partial charge is 0.253 e. The summed E-state index contributed by atoms with van der Waals surface area (Å²) in [6.07, 6.45) is 2.28. The fourth-order valence-corrected chi connectivity index (χ4v) is 3.53. The molecule has 0 fully saturated rings. The Kier molecular flexibility index (Phi) is 4.30. The Morgan fingerprint density at radius 3 is 2.78 bits per heavy atom. The lowest BCUT2D eigenvalue weighted by Gasteiger charge is -2.17. The van der Waals surface area contributed by atoms with E-state index in [-0.39, 0.29) is 5.54 Å². The molecule has 0 atom stereocenters. The molecule has 0 aliphatic heterocycles. The minimum absolute atomic E-state index is 0.106. The zero-order valence-corrected chi connectivity index (χ0v) is 13.0. The van der Waals surface area contributed by atoms with Crippen molar-refractivity contribution in [2.75, 3.05) is 0 Å². The molecule has 0 spiro atoms. The average Bonchev–Trinajstić information content (AvgIpc) is 2.70. The molecule has 1 heterocycles. The first kappa shape index (κ1) is 13.8. The van der Waals surface area contributed by atoms with Gasteiger partial charge < -0.3 is 0 Å². The maximum Gasteiger partial charge on any atom is 0.166 e. The SMILES string of the molecule is CCCc1cccc2sc(SNC(C)(C)C)nc12. The van der Waals surface area contributed by atoms with Crippen LogP contribution in [0.5, 0.6) is 0 Å². The molecule has 0 bridgehead atoms. The summed E-state index contributed by atoms with van der Waals surface area (Å²) in [7, 11) is 0. The van der Waals surface area contributed by atoms with E-state index in [1.54, 1.807) is 23.3 Å². The summed E-state index contributed by atoms with van der Waals surface area (Å²) in [6, 6.07) is 6.49. The summed E-state index contributed by atoms with van der Waals surface area (Å²) < 4.78 is 5.81. The predicted octanol–water partition coefficient (Wildman–Crippen LogP) is 4.64. The van der Waals surface area contributed by atoms with Crippen molar-refractivity contribution in [1.82, 2.24) is 9.71 Å². The van der Waals surface area contributed by atoms with Gasteiger partial charge in [-0.1, -0.05) is 25.5 Å². The van der Waals surface area contributed by atoms with Crippen molar-refractivity contribution in [3.63, 3.8) is 0 Å². The van der Waals surface area contributed by atoms with Crippen LogP contribution in [0.4, 0.5) is 0 Å². The standard InChI is InChI=1S/C14H20N2S2/c1-5-7-10-8-6-9-11-12(10)15-13(17-11)18-16-14(2,3)4/h6,8-9,16H,5,7H2,1-4H3. The summed E-state index contributed by atoms with van der Waals surface area (Å²) in [5.74, 6) is 0. The second-order valence-electron chi connectivity index (χ2n) is 5.45. The van der Waals surface area contributed by atoms with Crippen LogP contribution in [0, 0.1) is 0 Å². The van der Waals surface area contributed by atoms with Gasteiger partial charge in [0.15, 0.2) is 4.34 Å². The van der Waals surface area contributed by atoms with Gasteiger partial charge in [0.1, 0.15) is 0 Å². The van der Waals surface area contributed by atoms with Gasteiger partial charge in [-0.2, -0.15) is 0 Å². The molecule has 2 rings (SSSR count). The highest BCUT2D eigenvalue weighted by Gasteiger charge is 2.12. The van der Waals surface area contributed by atoms with Crippen LogP contribution in [0.3, 0.4) is 0 Å². The molecule has 1 aromatic carbocycles. The Balaban J connectivity index is 2.24. The van der Waals surface area contributed by atoms with E-state index in [9.17, 15) is 0 Å². The van der Waals surface area contributed by atoms with Gasteiger partial charge in [0, 0.05) is 5.54 Å². The summed E-state index contributed by atoms with van der Waals surface area (Å²) in [5, 5.41) is 0. The van der Waals surface area contributed by atoms with Gasteiger partial charge in [-0.3, -0.25) is 4.72 Å². The first-order chi connectivity index (χ1) is 8.49. The number of nitrogens with one attached hydrogen (secondary N) is 1. The lowest BCUT2D eigenvalue weighted by Crippen LogP contribution is -2.29. The molecule has 0 unspecified atom stereocenters. The minimum atomic E-state index is 0.106. The van der Waals surface area contributed by atoms with E-state index in [4.69, 9.17) is 4.98 Å². The lowest BCUT2D eigenvalue weighted by molar-refractivity contribution is 0.535. The Bertz CT molecular complexity index is 526. The van der Waals surface area contributed by atoms with Crippen LogP contribution in [0.2, 0.25) is 0 Å². The third-order valence-corrected chi connectivity index (χ3v) is 4.74. The van der Waals surface area contributed by atoms with E-state index in [2.05, 4.69) is 50.6 Å². The van der Waals surface area contributed by atoms with E-state index in [1.165, 1.54) is 22.2 Å². The van der Waals surface area contributed by atoms with Crippen LogP contribution in [0.1, 0.15) is 39.7 Å². The van der Waals surface area contributed by atoms with Gasteiger partial charge in [0.05, 0.1) is 10.2 Å². The number of hydrogen-bond acceptors (Lipinski definition) is 4. The highest BCUT2D eigenvalue weighted by Crippen LogP contribution is 2.31. The zero-order chi connectivity index (χ0) is 13.2. The highest BCUT2D eigenvalue weighted by molar-refractivity contribution is 7.99. The van der Waals surface area contributed by atoms with Crippen LogP contribution in [-0.2, 0) is 6.42 Å². The quantitative estimate of drug-likeness (QED) is 0.826. The summed E-state index contributed by atoms with van der Waals surface area (Å²) in [6.45, 7) is 8.70. The molecule has 2 nitrogen and oxygen atoms in total. The Hall–Kier alpha value is -0.580. The van der Waals surface area contributed by atoms with Gasteiger partial charge in [0.2, 0.25) is 0 Å². The van der Waals surface area contributed by atoms with Gasteiger partial charge in [-0.05, 0) is 50.8 Å². The van der Waals surface area contributed by atoms with Crippen molar-refractivity contribution < 1.29 is 0 Å². The minimum Gasteiger partial charge on any atom is -0.253 e. The Morgan fingerprint density at radius 1 is 1.33 bits per heavy atom. The molecule has 0 saturated heterocycles. The molecule has 98 valence electrons. The van der Waals surface area contributed by atoms with Crippen LogP contribution >= 0.6 is 23.3 Å². The van der Waals surface area contributed by atoms with E-state index in [0.29, 0.717) is 0 Å². The van der Waals surface area contributed by atoms with Gasteiger partial charge in [0.25, 0.3) is 0 Å². The van der Waals surface area contributed by atoms with Crippen molar-refractivity contribution >= 4 is 33.5 Å². The van der Waals surface area contributed by atoms with Crippen molar-refractivity contribution in [3.8, 4) is 0 Å². The lowest BCUT2D eigenvalue weighted by atomic mass is 10.1. The number of hydrogen-bond donors (Lipinski definition) is 1. The normalized spacial score (nSPS) is 12.2. The predicted molar refractivity (Wildman–Crippen MR) is 82.4 cm³/mol. The average molecular weight is 280 g/mol. The van der Waals surface area contributed by atoms with E-state index >= 15 is 0 Å². The molecule has 0 aliphatic rings. The Labute approximate surface area is 117 Å². The van der Waals surface area contributed by atoms with Gasteiger partial charge >= 0.3 is 0 Å². The maximum absolute atomic E-state index is 4.75. The van der Waals surface area contributed by atoms with Crippen molar-refractivity contribution in [2.24, 2.45) is 0 Å². The molecule has 0 amide bonds. The number of nitrogens with zero attached hydrogens (tertiary/aromatic N) is 1. The first-order valence-electron chi connectivity index (χ1n) is 6.32. The van der Waals surface area contributed by atoms with Crippen LogP contribution in [0.15, 0.2) is 22.5 Å². The monoisotopic (exact) mass is 280 g/mol. The van der Waals surface area contributed by atoms with E-state index < -0.39 is 0 Å². The molecular weight excluding hydrogens is 260 g/mol. The molecule has 0 saturated carbocycles. The molecule has 4 heteroatoms. The van der Waals surface area contributed by atoms with E-state index in [1.807, 2.05) is 0 Å².